The Labute approximate surface area is 225 Å². The van der Waals surface area contributed by atoms with Crippen molar-refractivity contribution in [3.63, 3.8) is 0 Å². The minimum absolute atomic E-state index is 0.0189. The molecule has 1 atom stereocenters. The van der Waals surface area contributed by atoms with Crippen LogP contribution in [0.3, 0.4) is 0 Å². The van der Waals surface area contributed by atoms with Crippen molar-refractivity contribution in [3.8, 4) is 22.9 Å². The Hall–Kier alpha value is -4.61. The minimum atomic E-state index is -1.07. The van der Waals surface area contributed by atoms with Crippen LogP contribution in [0.4, 0.5) is 0 Å². The lowest BCUT2D eigenvalue weighted by atomic mass is 10.1. The van der Waals surface area contributed by atoms with Crippen LogP contribution in [-0.2, 0) is 22.7 Å². The van der Waals surface area contributed by atoms with Gasteiger partial charge in [-0.25, -0.2) is 0 Å². The highest BCUT2D eigenvalue weighted by molar-refractivity contribution is 5.88. The number of rotatable bonds is 10. The molecular formula is C27H32N6O6. The van der Waals surface area contributed by atoms with Crippen molar-refractivity contribution in [3.05, 3.63) is 66.0 Å². The monoisotopic (exact) mass is 536 g/mol. The van der Waals surface area contributed by atoms with Crippen LogP contribution in [0.1, 0.15) is 44.1 Å². The predicted molar refractivity (Wildman–Crippen MR) is 140 cm³/mol. The second-order valence-corrected chi connectivity index (χ2v) is 9.90. The van der Waals surface area contributed by atoms with E-state index in [0.29, 0.717) is 40.2 Å². The van der Waals surface area contributed by atoms with E-state index in [1.54, 1.807) is 56.5 Å². The van der Waals surface area contributed by atoms with E-state index in [-0.39, 0.29) is 13.1 Å². The highest BCUT2D eigenvalue weighted by Crippen LogP contribution is 2.31. The third-order valence-electron chi connectivity index (χ3n) is 5.69. The Kier molecular flexibility index (Phi) is 8.03. The second kappa shape index (κ2) is 11.4. The normalized spacial score (nSPS) is 12.2. The van der Waals surface area contributed by atoms with Crippen molar-refractivity contribution in [1.82, 2.24) is 30.4 Å². The van der Waals surface area contributed by atoms with E-state index in [2.05, 4.69) is 20.7 Å². The summed E-state index contributed by atoms with van der Waals surface area (Å²) in [7, 11) is 3.08. The summed E-state index contributed by atoms with van der Waals surface area (Å²) in [6, 6.07) is 11.0. The molecule has 0 radical (unpaired) electrons. The van der Waals surface area contributed by atoms with Crippen LogP contribution in [0, 0.1) is 6.92 Å². The number of furan rings is 2. The molecule has 0 aliphatic heterocycles. The molecule has 0 aliphatic rings. The largest absolute Gasteiger partial charge is 0.493 e. The molecule has 39 heavy (non-hydrogen) atoms. The maximum atomic E-state index is 13.8. The number of hydrogen-bond acceptors (Lipinski definition) is 9. The van der Waals surface area contributed by atoms with Crippen molar-refractivity contribution < 1.29 is 27.9 Å². The predicted octanol–water partition coefficient (Wildman–Crippen LogP) is 3.54. The van der Waals surface area contributed by atoms with E-state index < -0.39 is 23.4 Å². The number of hydrogen-bond donors (Lipinski definition) is 1. The molecule has 3 aromatic heterocycles. The molecule has 0 fully saturated rings. The number of carbonyl (C=O) groups excluding carboxylic acids is 2. The zero-order chi connectivity index (χ0) is 28.2. The van der Waals surface area contributed by atoms with Crippen LogP contribution >= 0.6 is 0 Å². The second-order valence-electron chi connectivity index (χ2n) is 9.90. The van der Waals surface area contributed by atoms with Gasteiger partial charge in [0.2, 0.25) is 11.7 Å². The molecule has 12 heteroatoms. The summed E-state index contributed by atoms with van der Waals surface area (Å²) in [6.45, 7) is 7.11. The molecule has 206 valence electrons. The van der Waals surface area contributed by atoms with E-state index in [0.717, 1.165) is 0 Å². The van der Waals surface area contributed by atoms with Crippen molar-refractivity contribution in [1.29, 1.82) is 0 Å². The fourth-order valence-electron chi connectivity index (χ4n) is 3.97. The third kappa shape index (κ3) is 6.64. The standard InChI is InChI=1S/C27H32N6O6/c1-17-9-11-21(39-17)24(26(35)28-27(2,3)4)32(15-19-8-7-13-38-19)23(34)16-33-30-25(29-31-33)18-10-12-20(36-5)22(14-18)37-6/h7-14,24H,15-16H2,1-6H3,(H,28,35)/t24-/m0/s1. The van der Waals surface area contributed by atoms with Gasteiger partial charge >= 0.3 is 0 Å². The van der Waals surface area contributed by atoms with Gasteiger partial charge in [0.1, 0.15) is 23.8 Å². The number of nitrogens with zero attached hydrogens (tertiary/aromatic N) is 5. The third-order valence-corrected chi connectivity index (χ3v) is 5.69. The van der Waals surface area contributed by atoms with Gasteiger partial charge < -0.3 is 28.5 Å². The Morgan fingerprint density at radius 2 is 1.87 bits per heavy atom. The number of carbonyl (C=O) groups is 2. The number of benzene rings is 1. The first-order chi connectivity index (χ1) is 18.6. The van der Waals surface area contributed by atoms with E-state index >= 15 is 0 Å². The number of aromatic nitrogens is 4. The molecule has 0 bridgehead atoms. The Balaban J connectivity index is 1.64. The summed E-state index contributed by atoms with van der Waals surface area (Å²) < 4.78 is 22.0. The summed E-state index contributed by atoms with van der Waals surface area (Å²) >= 11 is 0. The van der Waals surface area contributed by atoms with Gasteiger partial charge in [-0.15, -0.1) is 10.2 Å². The lowest BCUT2D eigenvalue weighted by Crippen LogP contribution is -2.49. The van der Waals surface area contributed by atoms with Gasteiger partial charge in [-0.3, -0.25) is 9.59 Å². The SMILES string of the molecule is COc1ccc(-c2nnn(CC(=O)N(Cc3ccco3)[C@H](C(=O)NC(C)(C)C)c3ccc(C)o3)n2)cc1OC. The van der Waals surface area contributed by atoms with Gasteiger partial charge in [0.15, 0.2) is 17.5 Å². The summed E-state index contributed by atoms with van der Waals surface area (Å²) in [5, 5.41) is 15.5. The molecule has 4 aromatic rings. The van der Waals surface area contributed by atoms with Crippen LogP contribution < -0.4 is 14.8 Å². The van der Waals surface area contributed by atoms with Crippen molar-refractivity contribution in [2.75, 3.05) is 14.2 Å². The lowest BCUT2D eigenvalue weighted by Gasteiger charge is -2.31. The van der Waals surface area contributed by atoms with E-state index in [9.17, 15) is 9.59 Å². The van der Waals surface area contributed by atoms with E-state index in [1.165, 1.54) is 23.1 Å². The van der Waals surface area contributed by atoms with Gasteiger partial charge in [-0.2, -0.15) is 4.80 Å². The van der Waals surface area contributed by atoms with E-state index in [4.69, 9.17) is 18.3 Å². The molecule has 1 N–H and O–H groups in total. The molecule has 0 saturated heterocycles. The first-order valence-electron chi connectivity index (χ1n) is 12.3. The van der Waals surface area contributed by atoms with Crippen LogP contribution in [0.15, 0.2) is 57.6 Å². The fourth-order valence-corrected chi connectivity index (χ4v) is 3.97. The lowest BCUT2D eigenvalue weighted by molar-refractivity contribution is -0.144. The summed E-state index contributed by atoms with van der Waals surface area (Å²) in [5.74, 6) is 1.97. The Morgan fingerprint density at radius 3 is 2.49 bits per heavy atom. The number of aryl methyl sites for hydroxylation is 1. The van der Waals surface area contributed by atoms with Gasteiger partial charge in [0.05, 0.1) is 27.0 Å². The Morgan fingerprint density at radius 1 is 1.10 bits per heavy atom. The van der Waals surface area contributed by atoms with Crippen LogP contribution in [0.25, 0.3) is 11.4 Å². The molecule has 0 unspecified atom stereocenters. The van der Waals surface area contributed by atoms with Crippen molar-refractivity contribution in [2.45, 2.75) is 52.4 Å². The molecule has 12 nitrogen and oxygen atoms in total. The average Bonchev–Trinajstić information content (AvgIpc) is 3.65. The summed E-state index contributed by atoms with van der Waals surface area (Å²) in [6.07, 6.45) is 1.51. The van der Waals surface area contributed by atoms with Gasteiger partial charge in [0.25, 0.3) is 5.91 Å². The minimum Gasteiger partial charge on any atom is -0.493 e. The number of amides is 2. The molecule has 4 rings (SSSR count). The number of tetrazole rings is 1. The Bertz CT molecular complexity index is 1420. The van der Waals surface area contributed by atoms with Crippen molar-refractivity contribution >= 4 is 11.8 Å². The van der Waals surface area contributed by atoms with E-state index in [1.807, 2.05) is 20.8 Å². The van der Waals surface area contributed by atoms with Crippen molar-refractivity contribution in [2.24, 2.45) is 0 Å². The molecule has 2 amide bonds. The number of nitrogens with one attached hydrogen (secondary N) is 1. The smallest absolute Gasteiger partial charge is 0.251 e. The zero-order valence-electron chi connectivity index (χ0n) is 22.8. The fraction of sp³-hybridized carbons (Fsp3) is 0.370. The van der Waals surface area contributed by atoms with Gasteiger partial charge in [-0.1, -0.05) is 0 Å². The zero-order valence-corrected chi connectivity index (χ0v) is 22.8. The number of methoxy groups -OCH3 is 2. The first-order valence-corrected chi connectivity index (χ1v) is 12.3. The molecule has 0 aliphatic carbocycles. The van der Waals surface area contributed by atoms with Gasteiger partial charge in [-0.05, 0) is 75.4 Å². The first kappa shape index (κ1) is 27.4. The van der Waals surface area contributed by atoms with Crippen LogP contribution in [0.2, 0.25) is 0 Å². The summed E-state index contributed by atoms with van der Waals surface area (Å²) in [4.78, 5) is 29.8. The quantitative estimate of drug-likeness (QED) is 0.322. The molecular weight excluding hydrogens is 504 g/mol. The molecule has 3 heterocycles. The van der Waals surface area contributed by atoms with Crippen LogP contribution in [0.5, 0.6) is 11.5 Å². The number of ether oxygens (including phenoxy) is 2. The topological polar surface area (TPSA) is 138 Å². The molecule has 0 spiro atoms. The maximum Gasteiger partial charge on any atom is 0.251 e. The average molecular weight is 537 g/mol. The molecule has 1 aromatic carbocycles. The highest BCUT2D eigenvalue weighted by atomic mass is 16.5. The molecule has 0 saturated carbocycles. The van der Waals surface area contributed by atoms with Gasteiger partial charge in [0, 0.05) is 11.1 Å². The summed E-state index contributed by atoms with van der Waals surface area (Å²) in [5.41, 5.74) is 0.0882. The van der Waals surface area contributed by atoms with Crippen LogP contribution in [-0.4, -0.2) is 56.7 Å². The highest BCUT2D eigenvalue weighted by Gasteiger charge is 2.36. The maximum absolute atomic E-state index is 13.8.